The lowest BCUT2D eigenvalue weighted by Crippen LogP contribution is -2.55. The number of thioether (sulfide) groups is 1. The molecule has 6 heteroatoms. The van der Waals surface area contributed by atoms with E-state index >= 15 is 0 Å². The molecule has 124 valence electrons. The van der Waals surface area contributed by atoms with Crippen molar-refractivity contribution in [1.82, 2.24) is 10.2 Å². The number of carbonyl (C=O) groups is 3. The van der Waals surface area contributed by atoms with E-state index in [1.165, 1.54) is 23.1 Å². The molecule has 2 atom stereocenters. The first kappa shape index (κ1) is 17.3. The maximum Gasteiger partial charge on any atom is 0.242 e. The smallest absolute Gasteiger partial charge is 0.242 e. The molecule has 1 aliphatic heterocycles. The van der Waals surface area contributed by atoms with Crippen LogP contribution in [-0.2, 0) is 14.4 Å². The second-order valence-corrected chi connectivity index (χ2v) is 7.51. The summed E-state index contributed by atoms with van der Waals surface area (Å²) >= 11 is 1.44. The molecule has 0 aromatic heterocycles. The SMILES string of the molecule is CC[C@H]1S[C@H](CC)C(=O)N(CC(=O)NC2CCCCC2)C1=O. The number of carbonyl (C=O) groups excluding carboxylic acids is 3. The third-order valence-electron chi connectivity index (χ3n) is 4.43. The van der Waals surface area contributed by atoms with Crippen molar-refractivity contribution in [2.45, 2.75) is 75.3 Å². The van der Waals surface area contributed by atoms with Crippen LogP contribution >= 0.6 is 11.8 Å². The molecule has 3 amide bonds. The molecular weight excluding hydrogens is 300 g/mol. The fourth-order valence-corrected chi connectivity index (χ4v) is 4.40. The summed E-state index contributed by atoms with van der Waals surface area (Å²) < 4.78 is 0. The predicted molar refractivity (Wildman–Crippen MR) is 87.5 cm³/mol. The van der Waals surface area contributed by atoms with Gasteiger partial charge in [-0.25, -0.2) is 0 Å². The van der Waals surface area contributed by atoms with Crippen LogP contribution in [0.25, 0.3) is 0 Å². The van der Waals surface area contributed by atoms with E-state index in [0.29, 0.717) is 12.8 Å². The van der Waals surface area contributed by atoms with Crippen LogP contribution in [0.4, 0.5) is 0 Å². The summed E-state index contributed by atoms with van der Waals surface area (Å²) in [7, 11) is 0. The molecular formula is C16H26N2O3S. The van der Waals surface area contributed by atoms with Crippen molar-refractivity contribution >= 4 is 29.5 Å². The molecule has 0 bridgehead atoms. The molecule has 0 spiro atoms. The van der Waals surface area contributed by atoms with E-state index in [1.807, 2.05) is 13.8 Å². The van der Waals surface area contributed by atoms with E-state index < -0.39 is 0 Å². The van der Waals surface area contributed by atoms with Crippen LogP contribution in [0, 0.1) is 0 Å². The van der Waals surface area contributed by atoms with Gasteiger partial charge in [-0.3, -0.25) is 19.3 Å². The number of nitrogens with one attached hydrogen (secondary N) is 1. The lowest BCUT2D eigenvalue weighted by Gasteiger charge is -2.34. The van der Waals surface area contributed by atoms with Gasteiger partial charge in [0.15, 0.2) is 0 Å². The predicted octanol–water partition coefficient (Wildman–Crippen LogP) is 2.09. The summed E-state index contributed by atoms with van der Waals surface area (Å²) in [6, 6.07) is 0.203. The number of rotatable bonds is 5. The molecule has 5 nitrogen and oxygen atoms in total. The maximum atomic E-state index is 12.4. The first-order chi connectivity index (χ1) is 10.6. The Balaban J connectivity index is 1.96. The Morgan fingerprint density at radius 2 is 1.64 bits per heavy atom. The first-order valence-corrected chi connectivity index (χ1v) is 9.31. The molecule has 1 saturated carbocycles. The van der Waals surface area contributed by atoms with Crippen molar-refractivity contribution in [1.29, 1.82) is 0 Å². The van der Waals surface area contributed by atoms with Crippen molar-refractivity contribution in [3.8, 4) is 0 Å². The zero-order valence-electron chi connectivity index (χ0n) is 13.5. The molecule has 1 aliphatic carbocycles. The molecule has 22 heavy (non-hydrogen) atoms. The second kappa shape index (κ2) is 7.99. The van der Waals surface area contributed by atoms with Gasteiger partial charge in [0.1, 0.15) is 6.54 Å². The van der Waals surface area contributed by atoms with Crippen LogP contribution in [0.2, 0.25) is 0 Å². The van der Waals surface area contributed by atoms with E-state index in [-0.39, 0.29) is 40.8 Å². The van der Waals surface area contributed by atoms with Gasteiger partial charge in [-0.2, -0.15) is 0 Å². The molecule has 0 aromatic rings. The van der Waals surface area contributed by atoms with E-state index in [2.05, 4.69) is 5.32 Å². The monoisotopic (exact) mass is 326 g/mol. The highest BCUT2D eigenvalue weighted by molar-refractivity contribution is 8.02. The van der Waals surface area contributed by atoms with Crippen molar-refractivity contribution in [3.63, 3.8) is 0 Å². The van der Waals surface area contributed by atoms with Gasteiger partial charge in [0.05, 0.1) is 10.5 Å². The molecule has 2 fully saturated rings. The minimum absolute atomic E-state index is 0.123. The number of imide groups is 1. The zero-order valence-corrected chi connectivity index (χ0v) is 14.3. The van der Waals surface area contributed by atoms with Crippen LogP contribution in [0.3, 0.4) is 0 Å². The number of amides is 3. The van der Waals surface area contributed by atoms with Gasteiger partial charge in [0.25, 0.3) is 0 Å². The van der Waals surface area contributed by atoms with Gasteiger partial charge in [-0.15, -0.1) is 11.8 Å². The van der Waals surface area contributed by atoms with E-state index in [4.69, 9.17) is 0 Å². The highest BCUT2D eigenvalue weighted by Crippen LogP contribution is 2.31. The van der Waals surface area contributed by atoms with Crippen LogP contribution in [-0.4, -0.2) is 45.7 Å². The molecule has 2 aliphatic rings. The number of hydrogen-bond donors (Lipinski definition) is 1. The lowest BCUT2D eigenvalue weighted by atomic mass is 9.95. The summed E-state index contributed by atoms with van der Waals surface area (Å²) in [5.41, 5.74) is 0. The molecule has 1 heterocycles. The van der Waals surface area contributed by atoms with E-state index in [0.717, 1.165) is 25.7 Å². The Morgan fingerprint density at radius 3 is 2.14 bits per heavy atom. The molecule has 2 rings (SSSR count). The highest BCUT2D eigenvalue weighted by Gasteiger charge is 2.40. The lowest BCUT2D eigenvalue weighted by molar-refractivity contribution is -0.148. The number of nitrogens with zero attached hydrogens (tertiary/aromatic N) is 1. The average Bonchev–Trinajstić information content (AvgIpc) is 2.53. The minimum atomic E-state index is -0.207. The van der Waals surface area contributed by atoms with Gasteiger partial charge in [0.2, 0.25) is 17.7 Å². The summed E-state index contributed by atoms with van der Waals surface area (Å²) in [5.74, 6) is -0.618. The zero-order chi connectivity index (χ0) is 16.1. The fourth-order valence-electron chi connectivity index (χ4n) is 3.13. The topological polar surface area (TPSA) is 66.5 Å². The van der Waals surface area contributed by atoms with Gasteiger partial charge >= 0.3 is 0 Å². The van der Waals surface area contributed by atoms with Crippen LogP contribution < -0.4 is 5.32 Å². The van der Waals surface area contributed by atoms with Crippen LogP contribution in [0.15, 0.2) is 0 Å². The van der Waals surface area contributed by atoms with Gasteiger partial charge in [-0.1, -0.05) is 33.1 Å². The van der Waals surface area contributed by atoms with Crippen LogP contribution in [0.1, 0.15) is 58.8 Å². The van der Waals surface area contributed by atoms with Crippen LogP contribution in [0.5, 0.6) is 0 Å². The number of hydrogen-bond acceptors (Lipinski definition) is 4. The molecule has 1 N–H and O–H groups in total. The first-order valence-electron chi connectivity index (χ1n) is 8.36. The molecule has 0 radical (unpaired) electrons. The normalized spacial score (nSPS) is 27.1. The Morgan fingerprint density at radius 1 is 1.09 bits per heavy atom. The van der Waals surface area contributed by atoms with Crippen molar-refractivity contribution in [3.05, 3.63) is 0 Å². The Hall–Kier alpha value is -1.04. The van der Waals surface area contributed by atoms with Crippen molar-refractivity contribution in [2.24, 2.45) is 0 Å². The Bertz CT molecular complexity index is 413. The summed E-state index contributed by atoms with van der Waals surface area (Å²) in [4.78, 5) is 38.1. The standard InChI is InChI=1S/C16H26N2O3S/c1-3-12-15(20)18(16(21)13(4-2)22-12)10-14(19)17-11-8-6-5-7-9-11/h11-13H,3-10H2,1-2H3,(H,17,19)/t12-,13-/m1/s1. The Labute approximate surface area is 136 Å². The second-order valence-electron chi connectivity index (χ2n) is 6.09. The van der Waals surface area contributed by atoms with E-state index in [9.17, 15) is 14.4 Å². The van der Waals surface area contributed by atoms with Crippen molar-refractivity contribution < 1.29 is 14.4 Å². The fraction of sp³-hybridized carbons (Fsp3) is 0.812. The summed E-state index contributed by atoms with van der Waals surface area (Å²) in [5, 5.41) is 2.57. The Kier molecular flexibility index (Phi) is 6.29. The molecule has 0 unspecified atom stereocenters. The third-order valence-corrected chi connectivity index (χ3v) is 6.15. The molecule has 1 saturated heterocycles. The minimum Gasteiger partial charge on any atom is -0.352 e. The average molecular weight is 326 g/mol. The molecule has 0 aromatic carbocycles. The van der Waals surface area contributed by atoms with Gasteiger partial charge in [-0.05, 0) is 25.7 Å². The summed E-state index contributed by atoms with van der Waals surface area (Å²) in [6.45, 7) is 3.76. The maximum absolute atomic E-state index is 12.4. The van der Waals surface area contributed by atoms with E-state index in [1.54, 1.807) is 0 Å². The van der Waals surface area contributed by atoms with Gasteiger partial charge in [0, 0.05) is 6.04 Å². The third kappa shape index (κ3) is 4.03. The highest BCUT2D eigenvalue weighted by atomic mass is 32.2. The van der Waals surface area contributed by atoms with Crippen molar-refractivity contribution in [2.75, 3.05) is 6.54 Å². The summed E-state index contributed by atoms with van der Waals surface area (Å²) in [6.07, 6.45) is 6.88. The largest absolute Gasteiger partial charge is 0.352 e. The quantitative estimate of drug-likeness (QED) is 0.786. The van der Waals surface area contributed by atoms with Gasteiger partial charge < -0.3 is 5.32 Å².